The molecule has 0 aliphatic heterocycles. The fourth-order valence-electron chi connectivity index (χ4n) is 3.73. The molecule has 0 atom stereocenters. The Kier molecular flexibility index (Phi) is 2.88. The highest BCUT2D eigenvalue weighted by atomic mass is 16.3. The van der Waals surface area contributed by atoms with Gasteiger partial charge in [-0.3, -0.25) is 0 Å². The summed E-state index contributed by atoms with van der Waals surface area (Å²) in [6, 6.07) is 23.1. The van der Waals surface area contributed by atoms with Gasteiger partial charge in [0.25, 0.3) is 0 Å². The van der Waals surface area contributed by atoms with Gasteiger partial charge in [0.2, 0.25) is 0 Å². The third-order valence-corrected chi connectivity index (χ3v) is 4.81. The van der Waals surface area contributed by atoms with E-state index in [2.05, 4.69) is 54.6 Å². The predicted octanol–water partition coefficient (Wildman–Crippen LogP) is 5.43. The van der Waals surface area contributed by atoms with Crippen LogP contribution < -0.4 is 0 Å². The summed E-state index contributed by atoms with van der Waals surface area (Å²) in [5.41, 5.74) is 2.89. The maximum atomic E-state index is 9.46. The van der Waals surface area contributed by atoms with Crippen LogP contribution in [0.1, 0.15) is 5.56 Å². The van der Waals surface area contributed by atoms with Gasteiger partial charge < -0.3 is 9.52 Å². The number of aliphatic hydroxyl groups is 1. The summed E-state index contributed by atoms with van der Waals surface area (Å²) in [5.74, 6) is 0. The molecule has 5 rings (SSSR count). The molecule has 1 N–H and O–H groups in total. The molecule has 0 aliphatic carbocycles. The first kappa shape index (κ1) is 13.6. The minimum atomic E-state index is 0.116. The van der Waals surface area contributed by atoms with Crippen molar-refractivity contribution >= 4 is 43.5 Å². The Morgan fingerprint density at radius 2 is 1.46 bits per heavy atom. The lowest BCUT2D eigenvalue weighted by Crippen LogP contribution is -1.91. The standard InChI is InChI=1S/C22H16O2/c23-12-11-16-13-15-6-2-3-7-17(15)20-19-10-9-14-5-1-4-8-18(14)22(19)24-21(16)20/h1-10,13,23H,11-12H2. The molecule has 116 valence electrons. The SMILES string of the molecule is OCCc1cc2ccccc2c2c1oc1c3ccccc3ccc12. The first-order valence-electron chi connectivity index (χ1n) is 8.22. The van der Waals surface area contributed by atoms with Crippen molar-refractivity contribution < 1.29 is 9.52 Å². The molecule has 0 fully saturated rings. The number of benzene rings is 4. The van der Waals surface area contributed by atoms with Crippen LogP contribution in [-0.2, 0) is 6.42 Å². The molecule has 2 heteroatoms. The van der Waals surface area contributed by atoms with E-state index < -0.39 is 0 Å². The van der Waals surface area contributed by atoms with Crippen molar-refractivity contribution in [2.75, 3.05) is 6.61 Å². The Morgan fingerprint density at radius 1 is 0.708 bits per heavy atom. The number of hydrogen-bond acceptors (Lipinski definition) is 2. The van der Waals surface area contributed by atoms with E-state index in [4.69, 9.17) is 4.42 Å². The molecule has 0 spiro atoms. The zero-order valence-electron chi connectivity index (χ0n) is 13.1. The van der Waals surface area contributed by atoms with Gasteiger partial charge in [0.1, 0.15) is 11.2 Å². The van der Waals surface area contributed by atoms with Gasteiger partial charge in [0.05, 0.1) is 0 Å². The molecule has 0 saturated heterocycles. The van der Waals surface area contributed by atoms with Crippen molar-refractivity contribution in [3.63, 3.8) is 0 Å². The second-order valence-corrected chi connectivity index (χ2v) is 6.20. The fourth-order valence-corrected chi connectivity index (χ4v) is 3.73. The minimum absolute atomic E-state index is 0.116. The summed E-state index contributed by atoms with van der Waals surface area (Å²) < 4.78 is 6.35. The van der Waals surface area contributed by atoms with Crippen molar-refractivity contribution in [2.45, 2.75) is 6.42 Å². The van der Waals surface area contributed by atoms with Gasteiger partial charge in [0, 0.05) is 22.8 Å². The first-order chi connectivity index (χ1) is 11.9. The molecule has 4 aromatic carbocycles. The van der Waals surface area contributed by atoms with Gasteiger partial charge in [0.15, 0.2) is 0 Å². The van der Waals surface area contributed by atoms with E-state index >= 15 is 0 Å². The molecule has 0 saturated carbocycles. The van der Waals surface area contributed by atoms with Crippen LogP contribution in [0.3, 0.4) is 0 Å². The molecule has 0 bridgehead atoms. The average Bonchev–Trinajstić information content (AvgIpc) is 3.03. The third kappa shape index (κ3) is 1.81. The molecule has 1 heterocycles. The number of hydrogen-bond donors (Lipinski definition) is 1. The van der Waals surface area contributed by atoms with Crippen molar-refractivity contribution in [2.24, 2.45) is 0 Å². The van der Waals surface area contributed by atoms with E-state index in [0.29, 0.717) is 6.42 Å². The topological polar surface area (TPSA) is 33.4 Å². The number of rotatable bonds is 2. The number of furan rings is 1. The molecule has 5 aromatic rings. The third-order valence-electron chi connectivity index (χ3n) is 4.81. The van der Waals surface area contributed by atoms with Gasteiger partial charge in [-0.15, -0.1) is 0 Å². The molecular formula is C22H16O2. The molecule has 2 nitrogen and oxygen atoms in total. The van der Waals surface area contributed by atoms with E-state index in [9.17, 15) is 5.11 Å². The predicted molar refractivity (Wildman–Crippen MR) is 99.5 cm³/mol. The summed E-state index contributed by atoms with van der Waals surface area (Å²) >= 11 is 0. The smallest absolute Gasteiger partial charge is 0.143 e. The number of fused-ring (bicyclic) bond motifs is 7. The summed E-state index contributed by atoms with van der Waals surface area (Å²) in [6.07, 6.45) is 0.596. The average molecular weight is 312 g/mol. The van der Waals surface area contributed by atoms with Crippen molar-refractivity contribution in [1.82, 2.24) is 0 Å². The normalized spacial score (nSPS) is 11.9. The highest BCUT2D eigenvalue weighted by Gasteiger charge is 2.16. The molecular weight excluding hydrogens is 296 g/mol. The van der Waals surface area contributed by atoms with Crippen LogP contribution in [0.2, 0.25) is 0 Å². The maximum Gasteiger partial charge on any atom is 0.143 e. The molecule has 0 amide bonds. The first-order valence-corrected chi connectivity index (χ1v) is 8.22. The Morgan fingerprint density at radius 3 is 2.29 bits per heavy atom. The fraction of sp³-hybridized carbons (Fsp3) is 0.0909. The van der Waals surface area contributed by atoms with Crippen LogP contribution in [0.25, 0.3) is 43.5 Å². The van der Waals surface area contributed by atoms with Gasteiger partial charge in [-0.05, 0) is 40.3 Å². The van der Waals surface area contributed by atoms with Gasteiger partial charge in [-0.25, -0.2) is 0 Å². The quantitative estimate of drug-likeness (QED) is 0.471. The molecule has 24 heavy (non-hydrogen) atoms. The molecule has 0 unspecified atom stereocenters. The molecule has 0 radical (unpaired) electrons. The monoisotopic (exact) mass is 312 g/mol. The second kappa shape index (κ2) is 5.08. The van der Waals surface area contributed by atoms with E-state index in [0.717, 1.165) is 32.9 Å². The van der Waals surface area contributed by atoms with Crippen molar-refractivity contribution in [1.29, 1.82) is 0 Å². The maximum absolute atomic E-state index is 9.46. The largest absolute Gasteiger partial charge is 0.455 e. The summed E-state index contributed by atoms with van der Waals surface area (Å²) in [5, 5.41) is 16.4. The summed E-state index contributed by atoms with van der Waals surface area (Å²) in [6.45, 7) is 0.116. The van der Waals surface area contributed by atoms with E-state index in [1.54, 1.807) is 0 Å². The highest BCUT2D eigenvalue weighted by molar-refractivity contribution is 6.23. The molecule has 1 aromatic heterocycles. The van der Waals surface area contributed by atoms with Gasteiger partial charge >= 0.3 is 0 Å². The van der Waals surface area contributed by atoms with Crippen LogP contribution in [0.15, 0.2) is 71.1 Å². The minimum Gasteiger partial charge on any atom is -0.455 e. The van der Waals surface area contributed by atoms with Gasteiger partial charge in [-0.2, -0.15) is 0 Å². The molecule has 0 aliphatic rings. The Labute approximate surface area is 138 Å². The highest BCUT2D eigenvalue weighted by Crippen LogP contribution is 2.39. The Balaban J connectivity index is 2.06. The van der Waals surface area contributed by atoms with Crippen LogP contribution in [0, 0.1) is 0 Å². The van der Waals surface area contributed by atoms with Crippen molar-refractivity contribution in [3.05, 3.63) is 72.3 Å². The summed E-state index contributed by atoms with van der Waals surface area (Å²) in [7, 11) is 0. The lowest BCUT2D eigenvalue weighted by Gasteiger charge is -2.05. The second-order valence-electron chi connectivity index (χ2n) is 6.20. The zero-order valence-corrected chi connectivity index (χ0v) is 13.1. The lowest BCUT2D eigenvalue weighted by molar-refractivity contribution is 0.299. The zero-order chi connectivity index (χ0) is 16.1. The van der Waals surface area contributed by atoms with E-state index in [1.807, 2.05) is 12.1 Å². The lowest BCUT2D eigenvalue weighted by atomic mass is 9.98. The van der Waals surface area contributed by atoms with Crippen LogP contribution in [-0.4, -0.2) is 11.7 Å². The van der Waals surface area contributed by atoms with E-state index in [1.165, 1.54) is 16.2 Å². The number of aliphatic hydroxyl groups excluding tert-OH is 1. The Hall–Kier alpha value is -2.84. The van der Waals surface area contributed by atoms with Crippen LogP contribution >= 0.6 is 0 Å². The Bertz CT molecular complexity index is 1210. The summed E-state index contributed by atoms with van der Waals surface area (Å²) in [4.78, 5) is 0. The van der Waals surface area contributed by atoms with Gasteiger partial charge in [-0.1, -0.05) is 54.6 Å². The van der Waals surface area contributed by atoms with Crippen LogP contribution in [0.4, 0.5) is 0 Å². The van der Waals surface area contributed by atoms with Crippen molar-refractivity contribution in [3.8, 4) is 0 Å². The van der Waals surface area contributed by atoms with E-state index in [-0.39, 0.29) is 6.61 Å². The van der Waals surface area contributed by atoms with Crippen LogP contribution in [0.5, 0.6) is 0 Å².